The largest absolute Gasteiger partial charge is 0.331 e. The normalized spacial score (nSPS) is 10.0. The molecule has 0 aromatic heterocycles. The average molecular weight is 360 g/mol. The van der Waals surface area contributed by atoms with Crippen molar-refractivity contribution in [2.75, 3.05) is 5.32 Å². The second-order valence-electron chi connectivity index (χ2n) is 4.05. The summed E-state index contributed by atoms with van der Waals surface area (Å²) < 4.78 is 0. The predicted molar refractivity (Wildman–Crippen MR) is 91.6 cm³/mol. The third-order valence-electron chi connectivity index (χ3n) is 2.47. The van der Waals surface area contributed by atoms with Crippen molar-refractivity contribution in [2.45, 2.75) is 0 Å². The minimum atomic E-state index is -0.413. The molecule has 2 aromatic rings. The molecule has 1 amide bonds. The zero-order chi connectivity index (χ0) is 15.4. The van der Waals surface area contributed by atoms with Crippen molar-refractivity contribution in [1.29, 1.82) is 0 Å². The van der Waals surface area contributed by atoms with Crippen LogP contribution in [-0.2, 0) is 0 Å². The van der Waals surface area contributed by atoms with Crippen LogP contribution < -0.4 is 10.6 Å². The van der Waals surface area contributed by atoms with Gasteiger partial charge in [-0.1, -0.05) is 46.9 Å². The number of rotatable bonds is 2. The van der Waals surface area contributed by atoms with Crippen LogP contribution in [0.4, 0.5) is 5.69 Å². The van der Waals surface area contributed by atoms with Crippen LogP contribution in [0.3, 0.4) is 0 Å². The number of hydrogen-bond acceptors (Lipinski definition) is 2. The molecular weight excluding hydrogens is 351 g/mol. The molecule has 0 spiro atoms. The maximum atomic E-state index is 12.0. The van der Waals surface area contributed by atoms with E-state index < -0.39 is 5.91 Å². The monoisotopic (exact) mass is 358 g/mol. The molecular formula is C14H9Cl3N2OS. The molecule has 2 rings (SSSR count). The van der Waals surface area contributed by atoms with Crippen LogP contribution in [0.1, 0.15) is 10.4 Å². The SMILES string of the molecule is O=C(NC(=S)Nc1ccccc1Cl)c1cc(Cl)cc(Cl)c1. The first-order valence-electron chi connectivity index (χ1n) is 5.78. The quantitative estimate of drug-likeness (QED) is 0.759. The highest BCUT2D eigenvalue weighted by Gasteiger charge is 2.10. The third kappa shape index (κ3) is 4.58. The summed E-state index contributed by atoms with van der Waals surface area (Å²) in [6.07, 6.45) is 0. The van der Waals surface area contributed by atoms with E-state index in [9.17, 15) is 4.79 Å². The Morgan fingerprint density at radius 1 is 1.00 bits per heavy atom. The summed E-state index contributed by atoms with van der Waals surface area (Å²) in [6.45, 7) is 0. The molecule has 21 heavy (non-hydrogen) atoms. The molecule has 2 N–H and O–H groups in total. The number of carbonyl (C=O) groups excluding carboxylic acids is 1. The van der Waals surface area contributed by atoms with Crippen LogP contribution in [0.5, 0.6) is 0 Å². The van der Waals surface area contributed by atoms with Gasteiger partial charge in [-0.3, -0.25) is 10.1 Å². The van der Waals surface area contributed by atoms with Gasteiger partial charge in [0.05, 0.1) is 10.7 Å². The second-order valence-corrected chi connectivity index (χ2v) is 5.73. The van der Waals surface area contributed by atoms with Crippen LogP contribution in [0, 0.1) is 0 Å². The first-order chi connectivity index (χ1) is 9.95. The molecule has 0 fully saturated rings. The number of halogens is 3. The number of amides is 1. The van der Waals surface area contributed by atoms with Gasteiger partial charge in [-0.05, 0) is 42.5 Å². The van der Waals surface area contributed by atoms with E-state index in [-0.39, 0.29) is 5.11 Å². The van der Waals surface area contributed by atoms with Crippen molar-refractivity contribution in [3.05, 3.63) is 63.1 Å². The lowest BCUT2D eigenvalue weighted by atomic mass is 10.2. The molecule has 0 bridgehead atoms. The van der Waals surface area contributed by atoms with Crippen LogP contribution in [-0.4, -0.2) is 11.0 Å². The Morgan fingerprint density at radius 3 is 2.24 bits per heavy atom. The van der Waals surface area contributed by atoms with Crippen molar-refractivity contribution in [2.24, 2.45) is 0 Å². The van der Waals surface area contributed by atoms with Gasteiger partial charge in [-0.2, -0.15) is 0 Å². The van der Waals surface area contributed by atoms with Crippen molar-refractivity contribution in [3.8, 4) is 0 Å². The highest BCUT2D eigenvalue weighted by Crippen LogP contribution is 2.21. The lowest BCUT2D eigenvalue weighted by Crippen LogP contribution is -2.34. The average Bonchev–Trinajstić information content (AvgIpc) is 2.40. The lowest BCUT2D eigenvalue weighted by molar-refractivity contribution is 0.0977. The Morgan fingerprint density at radius 2 is 1.62 bits per heavy atom. The van der Waals surface area contributed by atoms with E-state index in [2.05, 4.69) is 10.6 Å². The van der Waals surface area contributed by atoms with Gasteiger partial charge in [0, 0.05) is 15.6 Å². The van der Waals surface area contributed by atoms with Crippen LogP contribution in [0.15, 0.2) is 42.5 Å². The molecule has 0 aliphatic heterocycles. The van der Waals surface area contributed by atoms with E-state index in [1.165, 1.54) is 12.1 Å². The van der Waals surface area contributed by atoms with Crippen LogP contribution in [0.2, 0.25) is 15.1 Å². The number of benzene rings is 2. The fourth-order valence-electron chi connectivity index (χ4n) is 1.58. The number of carbonyl (C=O) groups is 1. The predicted octanol–water partition coefficient (Wildman–Crippen LogP) is 4.77. The summed E-state index contributed by atoms with van der Waals surface area (Å²) in [4.78, 5) is 12.0. The zero-order valence-corrected chi connectivity index (χ0v) is 13.6. The van der Waals surface area contributed by atoms with E-state index >= 15 is 0 Å². The van der Waals surface area contributed by atoms with E-state index in [1.807, 2.05) is 0 Å². The summed E-state index contributed by atoms with van der Waals surface area (Å²) in [5, 5.41) is 6.75. The zero-order valence-electron chi connectivity index (χ0n) is 10.5. The highest BCUT2D eigenvalue weighted by molar-refractivity contribution is 7.80. The Kier molecular flexibility index (Phi) is 5.42. The van der Waals surface area contributed by atoms with E-state index in [4.69, 9.17) is 47.0 Å². The molecule has 0 saturated carbocycles. The Balaban J connectivity index is 2.06. The molecule has 0 radical (unpaired) electrons. The van der Waals surface area contributed by atoms with Gasteiger partial charge in [0.1, 0.15) is 0 Å². The van der Waals surface area contributed by atoms with E-state index in [0.717, 1.165) is 0 Å². The fraction of sp³-hybridized carbons (Fsp3) is 0. The van der Waals surface area contributed by atoms with E-state index in [0.29, 0.717) is 26.3 Å². The van der Waals surface area contributed by atoms with Crippen LogP contribution >= 0.6 is 47.0 Å². The number of para-hydroxylation sites is 1. The Hall–Kier alpha value is -1.33. The van der Waals surface area contributed by atoms with Gasteiger partial charge >= 0.3 is 0 Å². The van der Waals surface area contributed by atoms with E-state index in [1.54, 1.807) is 30.3 Å². The summed E-state index contributed by atoms with van der Waals surface area (Å²) in [7, 11) is 0. The Bertz CT molecular complexity index is 686. The van der Waals surface area contributed by atoms with Gasteiger partial charge in [-0.15, -0.1) is 0 Å². The van der Waals surface area contributed by atoms with Crippen LogP contribution in [0.25, 0.3) is 0 Å². The molecule has 7 heteroatoms. The van der Waals surface area contributed by atoms with Crippen molar-refractivity contribution >= 4 is 63.7 Å². The molecule has 3 nitrogen and oxygen atoms in total. The lowest BCUT2D eigenvalue weighted by Gasteiger charge is -2.11. The molecule has 0 heterocycles. The summed E-state index contributed by atoms with van der Waals surface area (Å²) in [5.74, 6) is -0.413. The molecule has 0 saturated heterocycles. The number of nitrogens with one attached hydrogen (secondary N) is 2. The minimum Gasteiger partial charge on any atom is -0.331 e. The topological polar surface area (TPSA) is 41.1 Å². The van der Waals surface area contributed by atoms with Gasteiger partial charge in [0.15, 0.2) is 5.11 Å². The first-order valence-corrected chi connectivity index (χ1v) is 7.33. The number of anilines is 1. The Labute approximate surface area is 142 Å². The summed E-state index contributed by atoms with van der Waals surface area (Å²) >= 11 is 22.8. The first kappa shape index (κ1) is 16.0. The molecule has 2 aromatic carbocycles. The summed E-state index contributed by atoms with van der Waals surface area (Å²) in [6, 6.07) is 11.6. The smallest absolute Gasteiger partial charge is 0.257 e. The maximum Gasteiger partial charge on any atom is 0.257 e. The molecule has 0 unspecified atom stereocenters. The maximum absolute atomic E-state index is 12.0. The molecule has 0 aliphatic carbocycles. The van der Waals surface area contributed by atoms with Crippen molar-refractivity contribution in [1.82, 2.24) is 5.32 Å². The van der Waals surface area contributed by atoms with Crippen molar-refractivity contribution in [3.63, 3.8) is 0 Å². The minimum absolute atomic E-state index is 0.129. The van der Waals surface area contributed by atoms with Gasteiger partial charge in [0.25, 0.3) is 5.91 Å². The standard InChI is InChI=1S/C14H9Cl3N2OS/c15-9-5-8(6-10(16)7-9)13(20)19-14(21)18-12-4-2-1-3-11(12)17/h1-7H,(H2,18,19,20,21). The molecule has 0 atom stereocenters. The third-order valence-corrected chi connectivity index (χ3v) is 3.44. The van der Waals surface area contributed by atoms with Crippen molar-refractivity contribution < 1.29 is 4.79 Å². The second kappa shape index (κ2) is 7.09. The van der Waals surface area contributed by atoms with Gasteiger partial charge in [-0.25, -0.2) is 0 Å². The fourth-order valence-corrected chi connectivity index (χ4v) is 2.49. The number of hydrogen-bond donors (Lipinski definition) is 2. The summed E-state index contributed by atoms with van der Waals surface area (Å²) in [5.41, 5.74) is 0.921. The molecule has 0 aliphatic rings. The highest BCUT2D eigenvalue weighted by atomic mass is 35.5. The van der Waals surface area contributed by atoms with Gasteiger partial charge in [0.2, 0.25) is 0 Å². The molecule has 108 valence electrons. The van der Waals surface area contributed by atoms with Gasteiger partial charge < -0.3 is 5.32 Å². The number of thiocarbonyl (C=S) groups is 1.